The van der Waals surface area contributed by atoms with Crippen molar-refractivity contribution < 1.29 is 22.3 Å². The molecule has 0 unspecified atom stereocenters. The monoisotopic (exact) mass is 318 g/mol. The van der Waals surface area contributed by atoms with Crippen molar-refractivity contribution >= 4 is 21.7 Å². The van der Waals surface area contributed by atoms with Gasteiger partial charge in [-0.3, -0.25) is 4.79 Å². The van der Waals surface area contributed by atoms with Gasteiger partial charge in [-0.2, -0.15) is 4.31 Å². The van der Waals surface area contributed by atoms with Crippen molar-refractivity contribution in [2.45, 2.75) is 25.2 Å². The topological polar surface area (TPSA) is 89.7 Å². The van der Waals surface area contributed by atoms with Crippen LogP contribution in [0.1, 0.15) is 18.9 Å². The molecule has 0 bridgehead atoms. The average Bonchev–Trinajstić information content (AvgIpc) is 2.43. The van der Waals surface area contributed by atoms with Gasteiger partial charge in [0.2, 0.25) is 10.0 Å². The summed E-state index contributed by atoms with van der Waals surface area (Å²) in [7, 11) is -2.76. The van der Waals surface area contributed by atoms with E-state index in [-0.39, 0.29) is 22.7 Å². The highest BCUT2D eigenvalue weighted by atomic mass is 32.2. The summed E-state index contributed by atoms with van der Waals surface area (Å²) >= 11 is 0. The number of sulfonamides is 1. The molecule has 0 saturated heterocycles. The van der Waals surface area contributed by atoms with Gasteiger partial charge in [-0.15, -0.1) is 0 Å². The van der Waals surface area contributed by atoms with Gasteiger partial charge in [0.05, 0.1) is 17.7 Å². The summed E-state index contributed by atoms with van der Waals surface area (Å²) in [4.78, 5) is 11.2. The summed E-state index contributed by atoms with van der Waals surface area (Å²) in [6.07, 6.45) is 0.520. The number of hydrogen-bond donors (Lipinski definition) is 1. The quantitative estimate of drug-likeness (QED) is 0.630. The number of carbonyl (C=O) groups excluding carboxylic acids is 1. The first kappa shape index (κ1) is 17.4. The number of nitrogens with two attached hydrogens (primary N) is 1. The van der Waals surface area contributed by atoms with Gasteiger partial charge in [-0.05, 0) is 31.0 Å². The molecule has 0 saturated carbocycles. The van der Waals surface area contributed by atoms with Crippen LogP contribution in [0.5, 0.6) is 0 Å². The van der Waals surface area contributed by atoms with Crippen LogP contribution in [0.3, 0.4) is 0 Å². The van der Waals surface area contributed by atoms with Gasteiger partial charge in [0.15, 0.2) is 0 Å². The maximum atomic E-state index is 13.5. The van der Waals surface area contributed by atoms with Gasteiger partial charge in [0.1, 0.15) is 12.4 Å². The number of nitrogens with zero attached hydrogens (tertiary/aromatic N) is 1. The van der Waals surface area contributed by atoms with Crippen molar-refractivity contribution in [1.82, 2.24) is 4.31 Å². The van der Waals surface area contributed by atoms with Crippen LogP contribution in [0.4, 0.5) is 10.1 Å². The van der Waals surface area contributed by atoms with Crippen molar-refractivity contribution in [3.63, 3.8) is 0 Å². The van der Waals surface area contributed by atoms with Crippen molar-refractivity contribution in [1.29, 1.82) is 0 Å². The van der Waals surface area contributed by atoms with Crippen LogP contribution in [-0.4, -0.2) is 38.9 Å². The number of nitrogen functional groups attached to an aromatic ring is 1. The number of hydrogen-bond acceptors (Lipinski definition) is 5. The van der Waals surface area contributed by atoms with Gasteiger partial charge in [0, 0.05) is 6.54 Å². The lowest BCUT2D eigenvalue weighted by Crippen LogP contribution is -2.36. The summed E-state index contributed by atoms with van der Waals surface area (Å²) in [5, 5.41) is 0. The number of rotatable bonds is 6. The number of ether oxygens (including phenoxy) is 1. The zero-order chi connectivity index (χ0) is 16.2. The third-order valence-corrected chi connectivity index (χ3v) is 4.72. The molecule has 0 aliphatic heterocycles. The van der Waals surface area contributed by atoms with E-state index in [1.54, 1.807) is 6.92 Å². The second-order valence-electron chi connectivity index (χ2n) is 4.56. The number of aryl methyl sites for hydroxylation is 1. The Morgan fingerprint density at radius 3 is 2.52 bits per heavy atom. The lowest BCUT2D eigenvalue weighted by atomic mass is 10.2. The molecule has 0 atom stereocenters. The Morgan fingerprint density at radius 2 is 2.05 bits per heavy atom. The Kier molecular flexibility index (Phi) is 5.68. The minimum Gasteiger partial charge on any atom is -0.468 e. The summed E-state index contributed by atoms with van der Waals surface area (Å²) in [5.41, 5.74) is 5.35. The molecule has 0 aliphatic rings. The summed E-state index contributed by atoms with van der Waals surface area (Å²) in [5.74, 6) is -1.32. The van der Waals surface area contributed by atoms with Crippen molar-refractivity contribution in [2.75, 3.05) is 25.9 Å². The third kappa shape index (κ3) is 3.92. The van der Waals surface area contributed by atoms with Crippen LogP contribution < -0.4 is 5.73 Å². The standard InChI is InChI=1S/C13H19FN2O4S/c1-4-5-16(8-12(17)20-3)21(18,19)10-6-9(2)13(14)11(15)7-10/h6-7H,4-5,8,15H2,1-3H3. The molecule has 118 valence electrons. The average molecular weight is 318 g/mol. The first-order chi connectivity index (χ1) is 9.73. The maximum Gasteiger partial charge on any atom is 0.321 e. The highest BCUT2D eigenvalue weighted by molar-refractivity contribution is 7.89. The first-order valence-electron chi connectivity index (χ1n) is 6.36. The fourth-order valence-corrected chi connectivity index (χ4v) is 3.40. The summed E-state index contributed by atoms with van der Waals surface area (Å²) < 4.78 is 44.1. The summed E-state index contributed by atoms with van der Waals surface area (Å²) in [6, 6.07) is 2.25. The predicted octanol–water partition coefficient (Wildman–Crippen LogP) is 1.29. The molecule has 1 aromatic carbocycles. The minimum atomic E-state index is -3.94. The normalized spacial score (nSPS) is 11.7. The minimum absolute atomic E-state index is 0.128. The van der Waals surface area contributed by atoms with Gasteiger partial charge < -0.3 is 10.5 Å². The van der Waals surface area contributed by atoms with Crippen LogP contribution in [0.25, 0.3) is 0 Å². The van der Waals surface area contributed by atoms with Gasteiger partial charge in [-0.25, -0.2) is 12.8 Å². The van der Waals surface area contributed by atoms with E-state index in [1.165, 1.54) is 20.1 Å². The van der Waals surface area contributed by atoms with Gasteiger partial charge in [-0.1, -0.05) is 6.92 Å². The van der Waals surface area contributed by atoms with E-state index in [4.69, 9.17) is 5.73 Å². The smallest absolute Gasteiger partial charge is 0.321 e. The lowest BCUT2D eigenvalue weighted by Gasteiger charge is -2.21. The Labute approximate surface area is 123 Å². The van der Waals surface area contributed by atoms with Crippen LogP contribution in [0.2, 0.25) is 0 Å². The molecular weight excluding hydrogens is 299 g/mol. The summed E-state index contributed by atoms with van der Waals surface area (Å²) in [6.45, 7) is 2.95. The predicted molar refractivity (Wildman–Crippen MR) is 76.6 cm³/mol. The SMILES string of the molecule is CCCN(CC(=O)OC)S(=O)(=O)c1cc(C)c(F)c(N)c1. The van der Waals surface area contributed by atoms with Crippen LogP contribution in [0, 0.1) is 12.7 Å². The van der Waals surface area contributed by atoms with E-state index in [2.05, 4.69) is 4.74 Å². The van der Waals surface area contributed by atoms with E-state index >= 15 is 0 Å². The van der Waals surface area contributed by atoms with E-state index < -0.39 is 28.4 Å². The molecule has 0 spiro atoms. The number of benzene rings is 1. The third-order valence-electron chi connectivity index (χ3n) is 2.90. The Hall–Kier alpha value is -1.67. The number of carbonyl (C=O) groups is 1. The molecule has 0 aromatic heterocycles. The van der Waals surface area contributed by atoms with E-state index in [0.29, 0.717) is 6.42 Å². The molecule has 0 heterocycles. The highest BCUT2D eigenvalue weighted by Crippen LogP contribution is 2.23. The van der Waals surface area contributed by atoms with E-state index in [0.717, 1.165) is 10.4 Å². The molecule has 0 aliphatic carbocycles. The zero-order valence-electron chi connectivity index (χ0n) is 12.2. The van der Waals surface area contributed by atoms with Crippen molar-refractivity contribution in [2.24, 2.45) is 0 Å². The number of anilines is 1. The van der Waals surface area contributed by atoms with Crippen molar-refractivity contribution in [3.05, 3.63) is 23.5 Å². The molecule has 0 fully saturated rings. The molecule has 6 nitrogen and oxygen atoms in total. The molecule has 0 amide bonds. The highest BCUT2D eigenvalue weighted by Gasteiger charge is 2.27. The molecular formula is C13H19FN2O4S. The van der Waals surface area contributed by atoms with Crippen LogP contribution in [-0.2, 0) is 19.6 Å². The van der Waals surface area contributed by atoms with Gasteiger partial charge >= 0.3 is 5.97 Å². The largest absolute Gasteiger partial charge is 0.468 e. The fraction of sp³-hybridized carbons (Fsp3) is 0.462. The molecule has 21 heavy (non-hydrogen) atoms. The lowest BCUT2D eigenvalue weighted by molar-refractivity contribution is -0.140. The molecule has 1 aromatic rings. The maximum absolute atomic E-state index is 13.5. The molecule has 8 heteroatoms. The number of methoxy groups -OCH3 is 1. The van der Waals surface area contributed by atoms with Crippen molar-refractivity contribution in [3.8, 4) is 0 Å². The number of esters is 1. The fourth-order valence-electron chi connectivity index (χ4n) is 1.80. The first-order valence-corrected chi connectivity index (χ1v) is 7.80. The Morgan fingerprint density at radius 1 is 1.43 bits per heavy atom. The van der Waals surface area contributed by atoms with E-state index in [9.17, 15) is 17.6 Å². The van der Waals surface area contributed by atoms with Gasteiger partial charge in [0.25, 0.3) is 0 Å². The molecule has 1 rings (SSSR count). The molecule has 0 radical (unpaired) electrons. The number of halogens is 1. The second kappa shape index (κ2) is 6.86. The molecule has 2 N–H and O–H groups in total. The van der Waals surface area contributed by atoms with Crippen LogP contribution >= 0.6 is 0 Å². The Bertz CT molecular complexity index is 608. The zero-order valence-corrected chi connectivity index (χ0v) is 13.0. The second-order valence-corrected chi connectivity index (χ2v) is 6.50. The van der Waals surface area contributed by atoms with Crippen LogP contribution in [0.15, 0.2) is 17.0 Å². The van der Waals surface area contributed by atoms with E-state index in [1.807, 2.05) is 0 Å². The Balaban J connectivity index is 3.25.